The minimum atomic E-state index is 0.630. The zero-order chi connectivity index (χ0) is 35.8. The second-order valence-electron chi connectivity index (χ2n) is 13.6. The van der Waals surface area contributed by atoms with Crippen molar-refractivity contribution in [1.29, 1.82) is 0 Å². The number of hydrogen-bond donors (Lipinski definition) is 0. The van der Waals surface area contributed by atoms with E-state index in [0.717, 1.165) is 44.0 Å². The molecule has 3 heteroatoms. The summed E-state index contributed by atoms with van der Waals surface area (Å²) >= 11 is 0. The molecular formula is C51H33N3. The molecule has 9 aromatic carbocycles. The fourth-order valence-electron chi connectivity index (χ4n) is 7.62. The zero-order valence-electron chi connectivity index (χ0n) is 29.4. The summed E-state index contributed by atoms with van der Waals surface area (Å²) in [4.78, 5) is 15.5. The first-order chi connectivity index (χ1) is 26.7. The summed E-state index contributed by atoms with van der Waals surface area (Å²) in [5, 5.41) is 7.01. The van der Waals surface area contributed by atoms with E-state index in [0.29, 0.717) is 17.5 Å². The second kappa shape index (κ2) is 13.4. The molecule has 0 radical (unpaired) electrons. The van der Waals surface area contributed by atoms with Crippen molar-refractivity contribution in [3.05, 3.63) is 200 Å². The van der Waals surface area contributed by atoms with Crippen LogP contribution in [0.2, 0.25) is 0 Å². The van der Waals surface area contributed by atoms with Crippen molar-refractivity contribution < 1.29 is 0 Å². The van der Waals surface area contributed by atoms with E-state index in [-0.39, 0.29) is 0 Å². The average Bonchev–Trinajstić information content (AvgIpc) is 3.26. The lowest BCUT2D eigenvalue weighted by Gasteiger charge is -2.16. The third kappa shape index (κ3) is 5.78. The van der Waals surface area contributed by atoms with Gasteiger partial charge >= 0.3 is 0 Å². The predicted molar refractivity (Wildman–Crippen MR) is 225 cm³/mol. The largest absolute Gasteiger partial charge is 0.208 e. The van der Waals surface area contributed by atoms with Crippen LogP contribution in [0.3, 0.4) is 0 Å². The molecule has 10 aromatic rings. The fraction of sp³-hybridized carbons (Fsp3) is 0. The topological polar surface area (TPSA) is 38.7 Å². The number of aromatic nitrogens is 3. The molecule has 0 saturated carbocycles. The SMILES string of the molecule is c1ccc(-c2ccc(-c3cccc(-c4nc(-c5ccc6ccccc6c5)nc(-c5cccc6ccccc56)n4)c3)c(-c3cccc4ccccc34)c2)cc1. The Balaban J connectivity index is 1.17. The van der Waals surface area contributed by atoms with Gasteiger partial charge in [-0.1, -0.05) is 182 Å². The summed E-state index contributed by atoms with van der Waals surface area (Å²) in [6.45, 7) is 0. The first-order valence-corrected chi connectivity index (χ1v) is 18.3. The third-order valence-corrected chi connectivity index (χ3v) is 10.3. The molecule has 0 atom stereocenters. The molecule has 1 heterocycles. The summed E-state index contributed by atoms with van der Waals surface area (Å²) < 4.78 is 0. The Bertz CT molecular complexity index is 2990. The van der Waals surface area contributed by atoms with Gasteiger partial charge in [-0.25, -0.2) is 15.0 Å². The maximum absolute atomic E-state index is 5.20. The molecule has 0 amide bonds. The van der Waals surface area contributed by atoms with Crippen LogP contribution >= 0.6 is 0 Å². The molecule has 0 unspecified atom stereocenters. The lowest BCUT2D eigenvalue weighted by atomic mass is 9.88. The van der Waals surface area contributed by atoms with Gasteiger partial charge in [-0.05, 0) is 83.9 Å². The van der Waals surface area contributed by atoms with Crippen molar-refractivity contribution in [2.45, 2.75) is 0 Å². The summed E-state index contributed by atoms with van der Waals surface area (Å²) in [5.41, 5.74) is 9.82. The number of rotatable bonds is 6. The van der Waals surface area contributed by atoms with Gasteiger partial charge in [0.2, 0.25) is 0 Å². The molecule has 252 valence electrons. The van der Waals surface area contributed by atoms with Gasteiger partial charge in [-0.15, -0.1) is 0 Å². The van der Waals surface area contributed by atoms with Crippen LogP contribution in [0.25, 0.3) is 99.9 Å². The maximum atomic E-state index is 5.20. The maximum Gasteiger partial charge on any atom is 0.164 e. The van der Waals surface area contributed by atoms with E-state index >= 15 is 0 Å². The van der Waals surface area contributed by atoms with Crippen LogP contribution in [0, 0.1) is 0 Å². The minimum absolute atomic E-state index is 0.630. The van der Waals surface area contributed by atoms with Gasteiger partial charge < -0.3 is 0 Å². The number of hydrogen-bond acceptors (Lipinski definition) is 3. The monoisotopic (exact) mass is 687 g/mol. The molecule has 0 saturated heterocycles. The predicted octanol–water partition coefficient (Wildman–Crippen LogP) is 13.3. The van der Waals surface area contributed by atoms with Crippen LogP contribution in [0.1, 0.15) is 0 Å². The van der Waals surface area contributed by atoms with E-state index in [1.54, 1.807) is 0 Å². The molecular weight excluding hydrogens is 655 g/mol. The zero-order valence-corrected chi connectivity index (χ0v) is 29.4. The van der Waals surface area contributed by atoms with Crippen molar-refractivity contribution in [3.8, 4) is 67.5 Å². The van der Waals surface area contributed by atoms with Crippen LogP contribution in [0.4, 0.5) is 0 Å². The molecule has 10 rings (SSSR count). The number of nitrogens with zero attached hydrogens (tertiary/aromatic N) is 3. The molecule has 0 spiro atoms. The molecule has 54 heavy (non-hydrogen) atoms. The molecule has 3 nitrogen and oxygen atoms in total. The van der Waals surface area contributed by atoms with Gasteiger partial charge in [0.25, 0.3) is 0 Å². The molecule has 0 aliphatic heterocycles. The Kier molecular flexibility index (Phi) is 7.81. The van der Waals surface area contributed by atoms with Gasteiger partial charge in [0, 0.05) is 16.7 Å². The van der Waals surface area contributed by atoms with Crippen LogP contribution < -0.4 is 0 Å². The molecule has 0 N–H and O–H groups in total. The molecule has 0 fully saturated rings. The van der Waals surface area contributed by atoms with E-state index in [9.17, 15) is 0 Å². The summed E-state index contributed by atoms with van der Waals surface area (Å²) in [6, 6.07) is 70.7. The highest BCUT2D eigenvalue weighted by molar-refractivity contribution is 6.02. The van der Waals surface area contributed by atoms with E-state index < -0.39 is 0 Å². The third-order valence-electron chi connectivity index (χ3n) is 10.3. The summed E-state index contributed by atoms with van der Waals surface area (Å²) in [5.74, 6) is 1.92. The molecule has 0 aliphatic carbocycles. The standard InChI is InChI=1S/C51H33N3/c1-2-13-34(14-3-1)39-29-30-45(48(33-39)46-25-11-19-36-16-6-8-23-43(36)46)40-21-10-22-41(32-40)49-52-50(42-28-27-35-15-4-5-18-38(35)31-42)54-51(53-49)47-26-12-20-37-17-7-9-24-44(37)47/h1-33H. The van der Waals surface area contributed by atoms with E-state index in [1.165, 1.54) is 38.4 Å². The number of benzene rings is 9. The quantitative estimate of drug-likeness (QED) is 0.175. The Morgan fingerprint density at radius 1 is 0.222 bits per heavy atom. The Labute approximate surface area is 313 Å². The van der Waals surface area contributed by atoms with Crippen molar-refractivity contribution in [2.24, 2.45) is 0 Å². The van der Waals surface area contributed by atoms with Crippen LogP contribution in [0.15, 0.2) is 200 Å². The fourth-order valence-corrected chi connectivity index (χ4v) is 7.62. The lowest BCUT2D eigenvalue weighted by Crippen LogP contribution is -2.01. The van der Waals surface area contributed by atoms with Gasteiger partial charge in [-0.2, -0.15) is 0 Å². The normalized spacial score (nSPS) is 11.3. The Hall–Kier alpha value is -7.23. The first kappa shape index (κ1) is 31.5. The van der Waals surface area contributed by atoms with E-state index in [1.807, 2.05) is 0 Å². The van der Waals surface area contributed by atoms with E-state index in [4.69, 9.17) is 15.0 Å². The van der Waals surface area contributed by atoms with Crippen molar-refractivity contribution in [3.63, 3.8) is 0 Å². The van der Waals surface area contributed by atoms with Crippen LogP contribution in [-0.4, -0.2) is 15.0 Å². The first-order valence-electron chi connectivity index (χ1n) is 18.3. The second-order valence-corrected chi connectivity index (χ2v) is 13.6. The molecule has 1 aromatic heterocycles. The highest BCUT2D eigenvalue weighted by atomic mass is 15.0. The van der Waals surface area contributed by atoms with Gasteiger partial charge in [0.1, 0.15) is 0 Å². The molecule has 0 bridgehead atoms. The van der Waals surface area contributed by atoms with Gasteiger partial charge in [0.15, 0.2) is 17.5 Å². The van der Waals surface area contributed by atoms with Gasteiger partial charge in [0.05, 0.1) is 0 Å². The summed E-state index contributed by atoms with van der Waals surface area (Å²) in [7, 11) is 0. The van der Waals surface area contributed by atoms with E-state index in [2.05, 4.69) is 200 Å². The Morgan fingerprint density at radius 3 is 1.50 bits per heavy atom. The van der Waals surface area contributed by atoms with Crippen LogP contribution in [-0.2, 0) is 0 Å². The number of fused-ring (bicyclic) bond motifs is 3. The van der Waals surface area contributed by atoms with Crippen molar-refractivity contribution >= 4 is 32.3 Å². The minimum Gasteiger partial charge on any atom is -0.208 e. The average molecular weight is 688 g/mol. The van der Waals surface area contributed by atoms with Gasteiger partial charge in [-0.3, -0.25) is 0 Å². The highest BCUT2D eigenvalue weighted by Gasteiger charge is 2.17. The Morgan fingerprint density at radius 2 is 0.741 bits per heavy atom. The molecule has 0 aliphatic rings. The highest BCUT2D eigenvalue weighted by Crippen LogP contribution is 2.40. The smallest absolute Gasteiger partial charge is 0.164 e. The van der Waals surface area contributed by atoms with Crippen LogP contribution in [0.5, 0.6) is 0 Å². The summed E-state index contributed by atoms with van der Waals surface area (Å²) in [6.07, 6.45) is 0. The lowest BCUT2D eigenvalue weighted by molar-refractivity contribution is 1.08. The van der Waals surface area contributed by atoms with Crippen molar-refractivity contribution in [2.75, 3.05) is 0 Å². The van der Waals surface area contributed by atoms with Crippen molar-refractivity contribution in [1.82, 2.24) is 15.0 Å².